The first-order chi connectivity index (χ1) is 10.0. The van der Waals surface area contributed by atoms with Gasteiger partial charge < -0.3 is 10.1 Å². The van der Waals surface area contributed by atoms with E-state index in [2.05, 4.69) is 29.1 Å². The zero-order valence-electron chi connectivity index (χ0n) is 11.9. The maximum atomic E-state index is 13.0. The Hall–Kier alpha value is -1.88. The van der Waals surface area contributed by atoms with E-state index in [1.165, 1.54) is 6.07 Å². The maximum Gasteiger partial charge on any atom is 0.232 e. The number of ether oxygens (including phenoxy) is 1. The lowest BCUT2D eigenvalue weighted by atomic mass is 10.2. The summed E-state index contributed by atoms with van der Waals surface area (Å²) in [6, 6.07) is 6.36. The molecule has 0 bridgehead atoms. The fraction of sp³-hybridized carbons (Fsp3) is 0.333. The molecule has 0 fully saturated rings. The first-order valence-corrected chi connectivity index (χ1v) is 7.06. The first-order valence-electron chi connectivity index (χ1n) is 6.68. The molecule has 0 radical (unpaired) electrons. The predicted molar refractivity (Wildman–Crippen MR) is 81.1 cm³/mol. The summed E-state index contributed by atoms with van der Waals surface area (Å²) in [6.07, 6.45) is 1.67. The van der Waals surface area contributed by atoms with Gasteiger partial charge in [-0.2, -0.15) is 4.39 Å². The van der Waals surface area contributed by atoms with Crippen LogP contribution >= 0.6 is 11.6 Å². The van der Waals surface area contributed by atoms with Gasteiger partial charge in [-0.15, -0.1) is 0 Å². The molecule has 21 heavy (non-hydrogen) atoms. The quantitative estimate of drug-likeness (QED) is 0.822. The molecule has 0 aliphatic carbocycles. The topological polar surface area (TPSA) is 47.0 Å². The summed E-state index contributed by atoms with van der Waals surface area (Å²) >= 11 is 6.13. The smallest absolute Gasteiger partial charge is 0.232 e. The standard InChI is InChI=1S/C15H17ClFN3O/c1-10(2)9-21-15-12(16)6-11(8-19-15)7-18-14-5-3-4-13(17)20-14/h3-6,8,10H,7,9H2,1-2H3,(H,18,20). The Morgan fingerprint density at radius 3 is 2.86 bits per heavy atom. The molecular formula is C15H17ClFN3O. The maximum absolute atomic E-state index is 13.0. The van der Waals surface area contributed by atoms with Crippen LogP contribution in [0.1, 0.15) is 19.4 Å². The lowest BCUT2D eigenvalue weighted by Gasteiger charge is -2.10. The Labute approximate surface area is 128 Å². The number of hydrogen-bond donors (Lipinski definition) is 1. The lowest BCUT2D eigenvalue weighted by molar-refractivity contribution is 0.261. The molecule has 0 spiro atoms. The van der Waals surface area contributed by atoms with Gasteiger partial charge in [0.1, 0.15) is 10.8 Å². The Morgan fingerprint density at radius 2 is 2.19 bits per heavy atom. The van der Waals surface area contributed by atoms with Gasteiger partial charge in [-0.3, -0.25) is 0 Å². The molecular weight excluding hydrogens is 293 g/mol. The van der Waals surface area contributed by atoms with E-state index in [0.717, 1.165) is 5.56 Å². The van der Waals surface area contributed by atoms with Gasteiger partial charge >= 0.3 is 0 Å². The van der Waals surface area contributed by atoms with Crippen LogP contribution in [0.15, 0.2) is 30.5 Å². The molecule has 0 saturated carbocycles. The number of aromatic nitrogens is 2. The van der Waals surface area contributed by atoms with Crippen LogP contribution in [0.3, 0.4) is 0 Å². The van der Waals surface area contributed by atoms with E-state index in [9.17, 15) is 4.39 Å². The fourth-order valence-corrected chi connectivity index (χ4v) is 1.86. The van der Waals surface area contributed by atoms with Gasteiger partial charge in [0.2, 0.25) is 11.8 Å². The van der Waals surface area contributed by atoms with Crippen molar-refractivity contribution < 1.29 is 9.13 Å². The molecule has 112 valence electrons. The third kappa shape index (κ3) is 4.86. The molecule has 0 amide bonds. The van der Waals surface area contributed by atoms with Crippen LogP contribution in [0.5, 0.6) is 5.88 Å². The van der Waals surface area contributed by atoms with E-state index in [1.54, 1.807) is 24.4 Å². The second-order valence-electron chi connectivity index (χ2n) is 5.03. The summed E-state index contributed by atoms with van der Waals surface area (Å²) in [5, 5.41) is 3.47. The first kappa shape index (κ1) is 15.5. The molecule has 6 heteroatoms. The van der Waals surface area contributed by atoms with Crippen molar-refractivity contribution in [2.75, 3.05) is 11.9 Å². The number of anilines is 1. The van der Waals surface area contributed by atoms with Gasteiger partial charge in [0.15, 0.2) is 0 Å². The Balaban J connectivity index is 1.97. The molecule has 0 atom stereocenters. The van der Waals surface area contributed by atoms with Gasteiger partial charge in [-0.1, -0.05) is 31.5 Å². The fourth-order valence-electron chi connectivity index (χ4n) is 1.61. The minimum absolute atomic E-state index is 0.406. The van der Waals surface area contributed by atoms with Gasteiger partial charge in [0.25, 0.3) is 0 Å². The zero-order valence-corrected chi connectivity index (χ0v) is 12.7. The molecule has 2 aromatic rings. The molecule has 0 aliphatic heterocycles. The van der Waals surface area contributed by atoms with E-state index in [4.69, 9.17) is 16.3 Å². The highest BCUT2D eigenvalue weighted by Crippen LogP contribution is 2.23. The molecule has 2 heterocycles. The van der Waals surface area contributed by atoms with Crippen molar-refractivity contribution >= 4 is 17.4 Å². The van der Waals surface area contributed by atoms with Crippen molar-refractivity contribution in [3.63, 3.8) is 0 Å². The largest absolute Gasteiger partial charge is 0.476 e. The Bertz CT molecular complexity index is 607. The highest BCUT2D eigenvalue weighted by atomic mass is 35.5. The van der Waals surface area contributed by atoms with Crippen LogP contribution in [0, 0.1) is 11.9 Å². The summed E-state index contributed by atoms with van der Waals surface area (Å²) in [7, 11) is 0. The summed E-state index contributed by atoms with van der Waals surface area (Å²) in [4.78, 5) is 7.91. The van der Waals surface area contributed by atoms with Gasteiger partial charge in [0.05, 0.1) is 6.61 Å². The van der Waals surface area contributed by atoms with E-state index in [1.807, 2.05) is 0 Å². The highest BCUT2D eigenvalue weighted by Gasteiger charge is 2.06. The van der Waals surface area contributed by atoms with Crippen LogP contribution in [0.4, 0.5) is 10.2 Å². The molecule has 2 rings (SSSR count). The van der Waals surface area contributed by atoms with Crippen LogP contribution in [-0.2, 0) is 6.54 Å². The average molecular weight is 310 g/mol. The van der Waals surface area contributed by atoms with Crippen molar-refractivity contribution in [1.29, 1.82) is 0 Å². The van der Waals surface area contributed by atoms with E-state index < -0.39 is 5.95 Å². The number of nitrogens with zero attached hydrogens (tertiary/aromatic N) is 2. The summed E-state index contributed by atoms with van der Waals surface area (Å²) in [6.45, 7) is 5.13. The van der Waals surface area contributed by atoms with Gasteiger partial charge in [-0.05, 0) is 29.7 Å². The number of nitrogens with one attached hydrogen (secondary N) is 1. The molecule has 0 aromatic carbocycles. The van der Waals surface area contributed by atoms with Crippen molar-refractivity contribution in [2.45, 2.75) is 20.4 Å². The number of hydrogen-bond acceptors (Lipinski definition) is 4. The summed E-state index contributed by atoms with van der Waals surface area (Å²) < 4.78 is 18.5. The minimum atomic E-state index is -0.520. The van der Waals surface area contributed by atoms with Crippen molar-refractivity contribution in [2.24, 2.45) is 5.92 Å². The third-order valence-corrected chi connectivity index (χ3v) is 2.88. The van der Waals surface area contributed by atoms with Gasteiger partial charge in [0, 0.05) is 12.7 Å². The van der Waals surface area contributed by atoms with Gasteiger partial charge in [-0.25, -0.2) is 9.97 Å². The van der Waals surface area contributed by atoms with Crippen molar-refractivity contribution in [3.05, 3.63) is 47.0 Å². The molecule has 4 nitrogen and oxygen atoms in total. The second-order valence-corrected chi connectivity index (χ2v) is 5.44. The number of rotatable bonds is 6. The van der Waals surface area contributed by atoms with Crippen LogP contribution < -0.4 is 10.1 Å². The average Bonchev–Trinajstić information content (AvgIpc) is 2.44. The zero-order chi connectivity index (χ0) is 15.2. The van der Waals surface area contributed by atoms with Crippen LogP contribution in [-0.4, -0.2) is 16.6 Å². The molecule has 1 N–H and O–H groups in total. The molecule has 0 unspecified atom stereocenters. The molecule has 2 aromatic heterocycles. The normalized spacial score (nSPS) is 10.7. The van der Waals surface area contributed by atoms with Crippen LogP contribution in [0.25, 0.3) is 0 Å². The van der Waals surface area contributed by atoms with Crippen LogP contribution in [0.2, 0.25) is 5.02 Å². The predicted octanol–water partition coefficient (Wildman–Crippen LogP) is 3.92. The molecule has 0 aliphatic rings. The number of halogens is 2. The Morgan fingerprint density at radius 1 is 1.38 bits per heavy atom. The van der Waals surface area contributed by atoms with E-state index in [-0.39, 0.29) is 0 Å². The highest BCUT2D eigenvalue weighted by molar-refractivity contribution is 6.31. The minimum Gasteiger partial charge on any atom is -0.476 e. The van der Waals surface area contributed by atoms with E-state index in [0.29, 0.717) is 35.8 Å². The third-order valence-electron chi connectivity index (χ3n) is 2.61. The lowest BCUT2D eigenvalue weighted by Crippen LogP contribution is -2.07. The summed E-state index contributed by atoms with van der Waals surface area (Å²) in [5.74, 6) is 0.779. The summed E-state index contributed by atoms with van der Waals surface area (Å²) in [5.41, 5.74) is 0.864. The van der Waals surface area contributed by atoms with Crippen molar-refractivity contribution in [3.8, 4) is 5.88 Å². The van der Waals surface area contributed by atoms with E-state index >= 15 is 0 Å². The molecule has 0 saturated heterocycles. The second kappa shape index (κ2) is 7.22. The SMILES string of the molecule is CC(C)COc1ncc(CNc2cccc(F)n2)cc1Cl. The van der Waals surface area contributed by atoms with Crippen molar-refractivity contribution in [1.82, 2.24) is 9.97 Å². The Kier molecular flexibility index (Phi) is 5.33. The number of pyridine rings is 2. The monoisotopic (exact) mass is 309 g/mol.